The maximum atomic E-state index is 13.4. The van der Waals surface area contributed by atoms with E-state index in [1.54, 1.807) is 6.07 Å². The molecule has 1 atom stereocenters. The van der Waals surface area contributed by atoms with Crippen LogP contribution in [0.2, 0.25) is 5.02 Å². The van der Waals surface area contributed by atoms with Gasteiger partial charge in [-0.25, -0.2) is 0 Å². The molecule has 2 aliphatic rings. The Morgan fingerprint density at radius 2 is 2.00 bits per heavy atom. The van der Waals surface area contributed by atoms with E-state index in [2.05, 4.69) is 29.8 Å². The maximum Gasteiger partial charge on any atom is 0.193 e. The summed E-state index contributed by atoms with van der Waals surface area (Å²) in [6.45, 7) is 3.83. The third-order valence-electron chi connectivity index (χ3n) is 5.62. The van der Waals surface area contributed by atoms with Gasteiger partial charge in [-0.3, -0.25) is 4.79 Å². The van der Waals surface area contributed by atoms with Crippen LogP contribution in [0.4, 0.5) is 0 Å². The predicted octanol–water partition coefficient (Wildman–Crippen LogP) is 4.32. The molecule has 0 saturated heterocycles. The molecule has 0 spiro atoms. The van der Waals surface area contributed by atoms with Gasteiger partial charge in [0.15, 0.2) is 5.78 Å². The second-order valence-corrected chi connectivity index (χ2v) is 9.05. The number of aliphatic hydroxyl groups excluding tert-OH is 2. The molecule has 2 aromatic carbocycles. The fourth-order valence-electron chi connectivity index (χ4n) is 4.09. The van der Waals surface area contributed by atoms with Crippen molar-refractivity contribution >= 4 is 38.9 Å². The number of ether oxygens (including phenoxy) is 1. The molecule has 0 aromatic heterocycles. The highest BCUT2D eigenvalue weighted by atomic mass is 79.9. The molecular weight excluding hydrogens is 444 g/mol. The molecule has 0 amide bonds. The van der Waals surface area contributed by atoms with Crippen molar-refractivity contribution in [1.29, 1.82) is 0 Å². The van der Waals surface area contributed by atoms with E-state index in [1.807, 2.05) is 24.3 Å². The first kappa shape index (κ1) is 19.6. The van der Waals surface area contributed by atoms with Crippen LogP contribution in [0, 0.1) is 0 Å². The molecule has 2 aliphatic carbocycles. The smallest absolute Gasteiger partial charge is 0.193 e. The van der Waals surface area contributed by atoms with Crippen molar-refractivity contribution in [2.45, 2.75) is 31.8 Å². The maximum absolute atomic E-state index is 13.4. The fourth-order valence-corrected chi connectivity index (χ4v) is 4.74. The molecule has 0 radical (unpaired) electrons. The molecule has 28 heavy (non-hydrogen) atoms. The number of fused-ring (bicyclic) bond motifs is 3. The second kappa shape index (κ2) is 6.99. The summed E-state index contributed by atoms with van der Waals surface area (Å²) in [6, 6.07) is 9.34. The Hall–Kier alpha value is -1.66. The van der Waals surface area contributed by atoms with Crippen LogP contribution in [0.25, 0.3) is 5.57 Å². The summed E-state index contributed by atoms with van der Waals surface area (Å²) in [7, 11) is 0. The van der Waals surface area contributed by atoms with E-state index in [-0.39, 0.29) is 24.4 Å². The second-order valence-electron chi connectivity index (χ2n) is 7.76. The number of carbonyl (C=O) groups excluding carboxylic acids is 1. The van der Waals surface area contributed by atoms with Crippen molar-refractivity contribution in [2.75, 3.05) is 13.2 Å². The molecule has 6 heteroatoms. The molecule has 2 N–H and O–H groups in total. The van der Waals surface area contributed by atoms with Gasteiger partial charge in [-0.05, 0) is 68.9 Å². The first-order chi connectivity index (χ1) is 13.2. The molecule has 0 heterocycles. The summed E-state index contributed by atoms with van der Waals surface area (Å²) >= 11 is 9.64. The zero-order chi connectivity index (χ0) is 20.2. The number of benzene rings is 2. The zero-order valence-electron chi connectivity index (χ0n) is 15.6. The van der Waals surface area contributed by atoms with Gasteiger partial charge in [0.1, 0.15) is 18.5 Å². The Bertz CT molecular complexity index is 1030. The number of ketones is 1. The van der Waals surface area contributed by atoms with Crippen LogP contribution in [0.1, 0.15) is 40.9 Å². The first-order valence-electron chi connectivity index (χ1n) is 9.07. The molecule has 146 valence electrons. The third-order valence-corrected chi connectivity index (χ3v) is 6.47. The number of halogens is 2. The molecule has 0 saturated carbocycles. The SMILES string of the molecule is CC1(C)C2=C(C(=O)c3cc(Br)c(OC[C@H](O)CO)cc31)c1ccc(Cl)cc1C2. The van der Waals surface area contributed by atoms with E-state index in [4.69, 9.17) is 21.4 Å². The average molecular weight is 464 g/mol. The fraction of sp³-hybridized carbons (Fsp3) is 0.318. The van der Waals surface area contributed by atoms with Crippen molar-refractivity contribution in [2.24, 2.45) is 0 Å². The average Bonchev–Trinajstić information content (AvgIpc) is 3.04. The molecule has 0 aliphatic heterocycles. The van der Waals surface area contributed by atoms with Crippen molar-refractivity contribution in [1.82, 2.24) is 0 Å². The lowest BCUT2D eigenvalue weighted by atomic mass is 9.68. The standard InChI is InChI=1S/C22H20BrClO4/c1-22(2)16-8-19(28-10-13(26)9-25)18(23)7-15(16)21(27)20-14-4-3-12(24)5-11(14)6-17(20)22/h3-5,7-8,13,25-26H,6,9-10H2,1-2H3/t13-/m1/s1. The number of rotatable bonds is 4. The third kappa shape index (κ3) is 3.01. The highest BCUT2D eigenvalue weighted by molar-refractivity contribution is 9.10. The van der Waals surface area contributed by atoms with Gasteiger partial charge in [0.05, 0.1) is 11.1 Å². The predicted molar refractivity (Wildman–Crippen MR) is 112 cm³/mol. The molecule has 4 rings (SSSR count). The number of allylic oxidation sites excluding steroid dienone is 2. The zero-order valence-corrected chi connectivity index (χ0v) is 17.9. The van der Waals surface area contributed by atoms with E-state index in [9.17, 15) is 9.90 Å². The Labute approximate surface area is 176 Å². The summed E-state index contributed by atoms with van der Waals surface area (Å²) in [4.78, 5) is 13.4. The lowest BCUT2D eigenvalue weighted by Crippen LogP contribution is -2.30. The summed E-state index contributed by atoms with van der Waals surface area (Å²) in [6.07, 6.45) is -0.264. The van der Waals surface area contributed by atoms with Gasteiger partial charge in [-0.15, -0.1) is 0 Å². The minimum absolute atomic E-state index is 0.00744. The summed E-state index contributed by atoms with van der Waals surface area (Å²) < 4.78 is 6.31. The molecule has 0 fully saturated rings. The number of aliphatic hydroxyl groups is 2. The van der Waals surface area contributed by atoms with Crippen LogP contribution in [0.3, 0.4) is 0 Å². The van der Waals surface area contributed by atoms with Crippen molar-refractivity contribution < 1.29 is 19.7 Å². The lowest BCUT2D eigenvalue weighted by Gasteiger charge is -2.35. The Morgan fingerprint density at radius 3 is 2.71 bits per heavy atom. The molecule has 2 aromatic rings. The number of hydrogen-bond donors (Lipinski definition) is 2. The van der Waals surface area contributed by atoms with Gasteiger partial charge in [0.25, 0.3) is 0 Å². The Balaban J connectivity index is 1.80. The van der Waals surface area contributed by atoms with E-state index < -0.39 is 6.10 Å². The van der Waals surface area contributed by atoms with Gasteiger partial charge in [0, 0.05) is 21.6 Å². The largest absolute Gasteiger partial charge is 0.490 e. The minimum Gasteiger partial charge on any atom is -0.490 e. The Kier molecular flexibility index (Phi) is 4.91. The van der Waals surface area contributed by atoms with Gasteiger partial charge >= 0.3 is 0 Å². The van der Waals surface area contributed by atoms with E-state index in [1.165, 1.54) is 0 Å². The van der Waals surface area contributed by atoms with Gasteiger partial charge in [-0.2, -0.15) is 0 Å². The van der Waals surface area contributed by atoms with Crippen LogP contribution in [0.5, 0.6) is 5.75 Å². The van der Waals surface area contributed by atoms with Crippen molar-refractivity contribution in [3.05, 3.63) is 67.7 Å². The van der Waals surface area contributed by atoms with Crippen LogP contribution in [0.15, 0.2) is 40.4 Å². The normalized spacial score (nSPS) is 17.9. The Morgan fingerprint density at radius 1 is 1.25 bits per heavy atom. The minimum atomic E-state index is -0.957. The monoisotopic (exact) mass is 462 g/mol. The van der Waals surface area contributed by atoms with E-state index in [0.29, 0.717) is 27.2 Å². The van der Waals surface area contributed by atoms with Gasteiger partial charge in [-0.1, -0.05) is 31.5 Å². The number of hydrogen-bond acceptors (Lipinski definition) is 4. The molecular formula is C22H20BrClO4. The van der Waals surface area contributed by atoms with Gasteiger partial charge in [0.2, 0.25) is 0 Å². The van der Waals surface area contributed by atoms with E-state index >= 15 is 0 Å². The van der Waals surface area contributed by atoms with Crippen LogP contribution < -0.4 is 4.74 Å². The number of Topliss-reactive ketones (excluding diaryl/α,β-unsaturated/α-hetero) is 1. The highest BCUT2D eigenvalue weighted by Gasteiger charge is 2.43. The molecule has 0 unspecified atom stereocenters. The lowest BCUT2D eigenvalue weighted by molar-refractivity contribution is 0.0533. The summed E-state index contributed by atoms with van der Waals surface area (Å²) in [5, 5.41) is 19.2. The van der Waals surface area contributed by atoms with Crippen LogP contribution in [-0.4, -0.2) is 35.3 Å². The van der Waals surface area contributed by atoms with Crippen molar-refractivity contribution in [3.63, 3.8) is 0 Å². The van der Waals surface area contributed by atoms with E-state index in [0.717, 1.165) is 27.8 Å². The molecule has 4 nitrogen and oxygen atoms in total. The van der Waals surface area contributed by atoms with Crippen LogP contribution >= 0.6 is 27.5 Å². The topological polar surface area (TPSA) is 66.8 Å². The molecule has 0 bridgehead atoms. The summed E-state index contributed by atoms with van der Waals surface area (Å²) in [5.41, 5.74) is 5.09. The quantitative estimate of drug-likeness (QED) is 0.709. The number of carbonyl (C=O) groups is 1. The highest BCUT2D eigenvalue weighted by Crippen LogP contribution is 2.51. The van der Waals surface area contributed by atoms with Crippen LogP contribution in [-0.2, 0) is 11.8 Å². The van der Waals surface area contributed by atoms with Gasteiger partial charge < -0.3 is 14.9 Å². The summed E-state index contributed by atoms with van der Waals surface area (Å²) in [5.74, 6) is 0.544. The van der Waals surface area contributed by atoms with Crippen molar-refractivity contribution in [3.8, 4) is 5.75 Å². The first-order valence-corrected chi connectivity index (χ1v) is 10.2.